The summed E-state index contributed by atoms with van der Waals surface area (Å²) in [4.78, 5) is 0. The Morgan fingerprint density at radius 3 is 2.69 bits per heavy atom. The van der Waals surface area contributed by atoms with Crippen LogP contribution in [0.3, 0.4) is 0 Å². The summed E-state index contributed by atoms with van der Waals surface area (Å²) in [5.74, 6) is -1.86. The number of aryl methyl sites for hydroxylation is 1. The zero-order valence-electron chi connectivity index (χ0n) is 21.0. The summed E-state index contributed by atoms with van der Waals surface area (Å²) in [7, 11) is 0. The maximum atomic E-state index is 14.3. The standard InChI is InChI=1S/C31H25F2N3O2S/c1-17-25-11-18(6-9-29(25)36-35-17)26-14-22(7-8-24(26)27-12-20(32)13-28(33)31(27)37)38-15-21(34)10-19-16-39-30-5-3-2-4-23(19)30/h2-9,11-14,16,21,37H,10,15,34H2,1H3,(H,35,36)/t21-/m0/s1. The van der Waals surface area contributed by atoms with Gasteiger partial charge >= 0.3 is 0 Å². The third-order valence-corrected chi connectivity index (χ3v) is 7.89. The quantitative estimate of drug-likeness (QED) is 0.197. The Morgan fingerprint density at radius 2 is 1.82 bits per heavy atom. The van der Waals surface area contributed by atoms with Crippen LogP contribution < -0.4 is 10.5 Å². The molecule has 0 amide bonds. The minimum atomic E-state index is -1.02. The number of nitrogens with zero attached hydrogens (tertiary/aromatic N) is 1. The molecule has 0 aliphatic heterocycles. The molecule has 0 saturated carbocycles. The van der Waals surface area contributed by atoms with E-state index in [1.807, 2.05) is 37.3 Å². The van der Waals surface area contributed by atoms with E-state index < -0.39 is 17.4 Å². The Bertz CT molecular complexity index is 1830. The van der Waals surface area contributed by atoms with Crippen LogP contribution >= 0.6 is 11.3 Å². The predicted molar refractivity (Wildman–Crippen MR) is 152 cm³/mol. The number of hydrogen-bond acceptors (Lipinski definition) is 5. The number of hydrogen-bond donors (Lipinski definition) is 3. The van der Waals surface area contributed by atoms with Crippen LogP contribution in [0.4, 0.5) is 8.78 Å². The molecule has 0 bridgehead atoms. The summed E-state index contributed by atoms with van der Waals surface area (Å²) >= 11 is 1.70. The largest absolute Gasteiger partial charge is 0.504 e. The van der Waals surface area contributed by atoms with Gasteiger partial charge in [-0.15, -0.1) is 11.3 Å². The number of phenolic OH excluding ortho intramolecular Hbond substituents is 1. The third-order valence-electron chi connectivity index (χ3n) is 6.88. The number of nitrogens with one attached hydrogen (secondary N) is 1. The second-order valence-electron chi connectivity index (χ2n) is 9.59. The first kappa shape index (κ1) is 25.0. The summed E-state index contributed by atoms with van der Waals surface area (Å²) < 4.78 is 35.8. The van der Waals surface area contributed by atoms with Gasteiger partial charge in [0.05, 0.1) is 11.2 Å². The van der Waals surface area contributed by atoms with E-state index in [0.29, 0.717) is 29.4 Å². The van der Waals surface area contributed by atoms with Crippen molar-refractivity contribution in [1.29, 1.82) is 0 Å². The summed E-state index contributed by atoms with van der Waals surface area (Å²) in [6.07, 6.45) is 0.668. The van der Waals surface area contributed by atoms with Crippen molar-refractivity contribution in [2.45, 2.75) is 19.4 Å². The molecule has 4 aromatic carbocycles. The van der Waals surface area contributed by atoms with E-state index in [1.54, 1.807) is 29.5 Å². The molecule has 196 valence electrons. The molecule has 0 fully saturated rings. The van der Waals surface area contributed by atoms with Crippen molar-refractivity contribution in [3.8, 4) is 33.8 Å². The Kier molecular flexibility index (Phi) is 6.50. The van der Waals surface area contributed by atoms with Crippen molar-refractivity contribution in [3.63, 3.8) is 0 Å². The van der Waals surface area contributed by atoms with Crippen LogP contribution in [-0.4, -0.2) is 28.0 Å². The van der Waals surface area contributed by atoms with Gasteiger partial charge < -0.3 is 15.6 Å². The normalized spacial score (nSPS) is 12.3. The van der Waals surface area contributed by atoms with E-state index in [1.165, 1.54) is 15.6 Å². The van der Waals surface area contributed by atoms with E-state index in [9.17, 15) is 13.9 Å². The molecule has 0 saturated heterocycles. The lowest BCUT2D eigenvalue weighted by Crippen LogP contribution is -2.30. The van der Waals surface area contributed by atoms with Crippen LogP contribution in [-0.2, 0) is 6.42 Å². The number of H-pyrrole nitrogens is 1. The molecule has 1 atom stereocenters. The van der Waals surface area contributed by atoms with Crippen LogP contribution in [0.2, 0.25) is 0 Å². The van der Waals surface area contributed by atoms with Crippen molar-refractivity contribution in [3.05, 3.63) is 101 Å². The number of halogens is 2. The molecule has 0 spiro atoms. The number of rotatable bonds is 7. The molecule has 8 heteroatoms. The van der Waals surface area contributed by atoms with Crippen molar-refractivity contribution < 1.29 is 18.6 Å². The minimum absolute atomic E-state index is 0.0547. The minimum Gasteiger partial charge on any atom is -0.504 e. The number of benzene rings is 4. The zero-order valence-corrected chi connectivity index (χ0v) is 21.9. The van der Waals surface area contributed by atoms with Gasteiger partial charge in [0.2, 0.25) is 0 Å². The highest BCUT2D eigenvalue weighted by atomic mass is 32.1. The van der Waals surface area contributed by atoms with Crippen LogP contribution in [0.25, 0.3) is 43.2 Å². The topological polar surface area (TPSA) is 84.2 Å². The number of aromatic hydroxyl groups is 1. The van der Waals surface area contributed by atoms with E-state index in [-0.39, 0.29) is 18.2 Å². The number of fused-ring (bicyclic) bond motifs is 2. The van der Waals surface area contributed by atoms with Crippen molar-refractivity contribution in [2.24, 2.45) is 5.73 Å². The molecule has 0 aliphatic rings. The second kappa shape index (κ2) is 10.1. The van der Waals surface area contributed by atoms with Crippen LogP contribution in [0.1, 0.15) is 11.3 Å². The Morgan fingerprint density at radius 1 is 0.974 bits per heavy atom. The Labute approximate surface area is 227 Å². The molecule has 6 rings (SSSR count). The van der Waals surface area contributed by atoms with Gasteiger partial charge in [-0.2, -0.15) is 5.10 Å². The fourth-order valence-corrected chi connectivity index (χ4v) is 5.88. The highest BCUT2D eigenvalue weighted by Crippen LogP contribution is 2.41. The molecule has 39 heavy (non-hydrogen) atoms. The summed E-state index contributed by atoms with van der Waals surface area (Å²) in [5, 5.41) is 22.0. The molecule has 5 nitrogen and oxygen atoms in total. The van der Waals surface area contributed by atoms with Gasteiger partial charge in [0, 0.05) is 27.8 Å². The lowest BCUT2D eigenvalue weighted by Gasteiger charge is -2.17. The smallest absolute Gasteiger partial charge is 0.168 e. The first-order valence-electron chi connectivity index (χ1n) is 12.5. The SMILES string of the molecule is Cc1n[nH]c2ccc(-c3cc(OC[C@@H](N)Cc4csc5ccccc45)ccc3-c3cc(F)cc(F)c3O)cc12. The Balaban J connectivity index is 1.34. The predicted octanol–water partition coefficient (Wildman–Crippen LogP) is 7.35. The molecular weight excluding hydrogens is 516 g/mol. The monoisotopic (exact) mass is 541 g/mol. The van der Waals surface area contributed by atoms with Crippen molar-refractivity contribution >= 4 is 32.3 Å². The molecule has 0 unspecified atom stereocenters. The first-order valence-corrected chi connectivity index (χ1v) is 13.4. The van der Waals surface area contributed by atoms with Crippen LogP contribution in [0.5, 0.6) is 11.5 Å². The number of aromatic nitrogens is 2. The summed E-state index contributed by atoms with van der Waals surface area (Å²) in [6, 6.07) is 20.8. The number of phenols is 1. The Hall–Kier alpha value is -4.27. The molecule has 0 radical (unpaired) electrons. The molecule has 6 aromatic rings. The maximum absolute atomic E-state index is 14.3. The van der Waals surface area contributed by atoms with Gasteiger partial charge in [0.25, 0.3) is 0 Å². The number of nitrogens with two attached hydrogens (primary N) is 1. The average Bonchev–Trinajstić information content (AvgIpc) is 3.52. The second-order valence-corrected chi connectivity index (χ2v) is 10.5. The summed E-state index contributed by atoms with van der Waals surface area (Å²) in [5.41, 5.74) is 11.3. The van der Waals surface area contributed by atoms with Crippen molar-refractivity contribution in [2.75, 3.05) is 6.61 Å². The van der Waals surface area contributed by atoms with Crippen LogP contribution in [0.15, 0.2) is 78.2 Å². The lowest BCUT2D eigenvalue weighted by molar-refractivity contribution is 0.288. The van der Waals surface area contributed by atoms with E-state index >= 15 is 0 Å². The highest BCUT2D eigenvalue weighted by Gasteiger charge is 2.18. The van der Waals surface area contributed by atoms with Gasteiger partial charge in [0.1, 0.15) is 18.2 Å². The third kappa shape index (κ3) is 4.84. The van der Waals surface area contributed by atoms with E-state index in [0.717, 1.165) is 28.2 Å². The van der Waals surface area contributed by atoms with Gasteiger partial charge in [-0.3, -0.25) is 5.10 Å². The van der Waals surface area contributed by atoms with Gasteiger partial charge in [-0.05, 0) is 88.8 Å². The first-order chi connectivity index (χ1) is 18.9. The zero-order chi connectivity index (χ0) is 27.1. The molecule has 2 aromatic heterocycles. The molecule has 0 aliphatic carbocycles. The van der Waals surface area contributed by atoms with Crippen molar-refractivity contribution in [1.82, 2.24) is 10.2 Å². The number of thiophene rings is 1. The average molecular weight is 542 g/mol. The van der Waals surface area contributed by atoms with Gasteiger partial charge in [0.15, 0.2) is 11.6 Å². The number of aromatic amines is 1. The fraction of sp³-hybridized carbons (Fsp3) is 0.129. The highest BCUT2D eigenvalue weighted by molar-refractivity contribution is 7.17. The van der Waals surface area contributed by atoms with Gasteiger partial charge in [-0.25, -0.2) is 8.78 Å². The van der Waals surface area contributed by atoms with E-state index in [2.05, 4.69) is 27.7 Å². The van der Waals surface area contributed by atoms with Crippen LogP contribution in [0, 0.1) is 18.6 Å². The maximum Gasteiger partial charge on any atom is 0.168 e. The lowest BCUT2D eigenvalue weighted by atomic mass is 9.92. The van der Waals surface area contributed by atoms with E-state index in [4.69, 9.17) is 10.5 Å². The van der Waals surface area contributed by atoms with Gasteiger partial charge in [-0.1, -0.05) is 24.3 Å². The molecule has 2 heterocycles. The summed E-state index contributed by atoms with van der Waals surface area (Å²) in [6.45, 7) is 2.18. The molecular formula is C31H25F2N3O2S. The fourth-order valence-electron chi connectivity index (χ4n) is 4.91. The molecule has 4 N–H and O–H groups in total. The number of ether oxygens (including phenoxy) is 1.